The van der Waals surface area contributed by atoms with Gasteiger partial charge in [0.15, 0.2) is 8.29 Å². The summed E-state index contributed by atoms with van der Waals surface area (Å²) < 4.78 is 3.20. The lowest BCUT2D eigenvalue weighted by Gasteiger charge is -2.00. The first kappa shape index (κ1) is 17.1. The van der Waals surface area contributed by atoms with Gasteiger partial charge in [0.25, 0.3) is 5.69 Å². The summed E-state index contributed by atoms with van der Waals surface area (Å²) in [5, 5.41) is 15.8. The quantitative estimate of drug-likeness (QED) is 0.246. The van der Waals surface area contributed by atoms with Crippen LogP contribution in [0.3, 0.4) is 0 Å². The van der Waals surface area contributed by atoms with Crippen LogP contribution in [-0.4, -0.2) is 14.7 Å². The maximum Gasteiger partial charge on any atom is 0.269 e. The summed E-state index contributed by atoms with van der Waals surface area (Å²) in [4.78, 5) is 10.3. The summed E-state index contributed by atoms with van der Waals surface area (Å²) in [6.45, 7) is 0. The zero-order valence-electron chi connectivity index (χ0n) is 12.1. The van der Waals surface area contributed by atoms with E-state index in [1.807, 2.05) is 12.1 Å². The Morgan fingerprint density at radius 2 is 1.88 bits per heavy atom. The summed E-state index contributed by atoms with van der Waals surface area (Å²) in [5.74, 6) is 0.668. The lowest BCUT2D eigenvalue weighted by Crippen LogP contribution is -1.95. The van der Waals surface area contributed by atoms with Crippen molar-refractivity contribution in [1.29, 1.82) is 0 Å². The maximum absolute atomic E-state index is 10.7. The summed E-state index contributed by atoms with van der Waals surface area (Å²) in [5.41, 5.74) is 1.94. The second kappa shape index (κ2) is 7.43. The second-order valence-corrected chi connectivity index (χ2v) is 8.02. The smallest absolute Gasteiger partial charge is 0.258 e. The molecule has 0 unspecified atom stereocenters. The molecule has 0 atom stereocenters. The topological polar surface area (TPSA) is 61.0 Å². The number of hydrogen-bond donors (Lipinski definition) is 0. The molecule has 5 nitrogen and oxygen atoms in total. The van der Waals surface area contributed by atoms with Gasteiger partial charge in [0.05, 0.1) is 10.6 Å². The third-order valence-electron chi connectivity index (χ3n) is 3.11. The minimum atomic E-state index is -0.406. The van der Waals surface area contributed by atoms with Crippen LogP contribution in [0.15, 0.2) is 52.9 Å². The van der Waals surface area contributed by atoms with Gasteiger partial charge in [-0.1, -0.05) is 46.8 Å². The van der Waals surface area contributed by atoms with Crippen LogP contribution >= 0.6 is 46.9 Å². The summed E-state index contributed by atoms with van der Waals surface area (Å²) in [6.07, 6.45) is 0. The normalized spacial score (nSPS) is 10.7. The molecule has 0 saturated carbocycles. The minimum Gasteiger partial charge on any atom is -0.258 e. The third-order valence-corrected chi connectivity index (χ3v) is 5.80. The fraction of sp³-hybridized carbons (Fsp3) is 0.0667. The number of nitrogens with zero attached hydrogens (tertiary/aromatic N) is 3. The fourth-order valence-electron chi connectivity index (χ4n) is 1.92. The van der Waals surface area contributed by atoms with E-state index in [0.717, 1.165) is 15.6 Å². The number of aromatic nitrogens is 2. The highest BCUT2D eigenvalue weighted by Gasteiger charge is 2.08. The van der Waals surface area contributed by atoms with Gasteiger partial charge in [0.2, 0.25) is 0 Å². The molecule has 0 bridgehead atoms. The first-order valence-corrected chi connectivity index (χ1v) is 9.34. The molecule has 0 fully saturated rings. The molecule has 0 aliphatic carbocycles. The zero-order chi connectivity index (χ0) is 17.1. The highest BCUT2D eigenvalue weighted by atomic mass is 35.5. The lowest BCUT2D eigenvalue weighted by molar-refractivity contribution is -0.384. The standard InChI is InChI=1S/C15H10ClN3O2S3/c16-11-3-7-12(8-4-11)18-15(22)24-14(17-18)23-9-10-1-5-13(6-2-10)19(20)21/h1-8H,9H2. The number of thioether (sulfide) groups is 1. The predicted octanol–water partition coefficient (Wildman–Crippen LogP) is 5.52. The second-order valence-electron chi connectivity index (χ2n) is 4.73. The van der Waals surface area contributed by atoms with Gasteiger partial charge in [-0.25, -0.2) is 4.68 Å². The van der Waals surface area contributed by atoms with Crippen molar-refractivity contribution in [2.75, 3.05) is 0 Å². The molecule has 0 aliphatic rings. The molecule has 3 aromatic rings. The van der Waals surface area contributed by atoms with Crippen molar-refractivity contribution in [2.45, 2.75) is 10.1 Å². The Hall–Kier alpha value is -1.74. The maximum atomic E-state index is 10.7. The van der Waals surface area contributed by atoms with Crippen molar-refractivity contribution < 1.29 is 4.92 Å². The summed E-state index contributed by atoms with van der Waals surface area (Å²) in [6, 6.07) is 13.8. The summed E-state index contributed by atoms with van der Waals surface area (Å²) in [7, 11) is 0. The minimum absolute atomic E-state index is 0.0893. The van der Waals surface area contributed by atoms with Crippen LogP contribution in [0, 0.1) is 14.1 Å². The van der Waals surface area contributed by atoms with Crippen molar-refractivity contribution in [2.24, 2.45) is 0 Å². The molecule has 3 rings (SSSR count). The number of non-ortho nitro benzene ring substituents is 1. The molecule has 0 aliphatic heterocycles. The predicted molar refractivity (Wildman–Crippen MR) is 99.9 cm³/mol. The Balaban J connectivity index is 1.72. The van der Waals surface area contributed by atoms with E-state index < -0.39 is 4.92 Å². The fourth-order valence-corrected chi connectivity index (χ4v) is 4.37. The number of nitro groups is 1. The Morgan fingerprint density at radius 3 is 2.50 bits per heavy atom. The Labute approximate surface area is 156 Å². The SMILES string of the molecule is O=[N+]([O-])c1ccc(CSc2nn(-c3ccc(Cl)cc3)c(=S)s2)cc1. The largest absolute Gasteiger partial charge is 0.269 e. The highest BCUT2D eigenvalue weighted by Crippen LogP contribution is 2.28. The molecule has 0 radical (unpaired) electrons. The van der Waals surface area contributed by atoms with Crippen molar-refractivity contribution in [1.82, 2.24) is 9.78 Å². The molecule has 1 aromatic heterocycles. The molecule has 0 spiro atoms. The van der Waals surface area contributed by atoms with Gasteiger partial charge in [-0.3, -0.25) is 10.1 Å². The molecule has 122 valence electrons. The van der Waals surface area contributed by atoms with E-state index in [-0.39, 0.29) is 5.69 Å². The van der Waals surface area contributed by atoms with Gasteiger partial charge in [-0.15, -0.1) is 5.10 Å². The zero-order valence-corrected chi connectivity index (χ0v) is 15.3. The van der Waals surface area contributed by atoms with E-state index in [1.54, 1.807) is 40.7 Å². The Kier molecular flexibility index (Phi) is 5.30. The molecule has 24 heavy (non-hydrogen) atoms. The highest BCUT2D eigenvalue weighted by molar-refractivity contribution is 8.00. The van der Waals surface area contributed by atoms with Crippen LogP contribution in [0.5, 0.6) is 0 Å². The molecule has 1 heterocycles. The summed E-state index contributed by atoms with van der Waals surface area (Å²) >= 11 is 14.2. The van der Waals surface area contributed by atoms with Gasteiger partial charge in [-0.2, -0.15) is 0 Å². The molecule has 0 N–H and O–H groups in total. The molecule has 9 heteroatoms. The van der Waals surface area contributed by atoms with Crippen molar-refractivity contribution in [3.05, 3.63) is 73.2 Å². The third kappa shape index (κ3) is 4.02. The van der Waals surface area contributed by atoms with Crippen LogP contribution in [0.2, 0.25) is 5.02 Å². The van der Waals surface area contributed by atoms with E-state index in [0.29, 0.717) is 14.7 Å². The van der Waals surface area contributed by atoms with Gasteiger partial charge < -0.3 is 0 Å². The van der Waals surface area contributed by atoms with Gasteiger partial charge in [0.1, 0.15) is 0 Å². The van der Waals surface area contributed by atoms with E-state index in [1.165, 1.54) is 23.5 Å². The molecule has 0 amide bonds. The lowest BCUT2D eigenvalue weighted by atomic mass is 10.2. The average molecular weight is 396 g/mol. The van der Waals surface area contributed by atoms with E-state index in [9.17, 15) is 10.1 Å². The van der Waals surface area contributed by atoms with Crippen molar-refractivity contribution in [3.63, 3.8) is 0 Å². The van der Waals surface area contributed by atoms with Crippen LogP contribution < -0.4 is 0 Å². The Morgan fingerprint density at radius 1 is 1.21 bits per heavy atom. The van der Waals surface area contributed by atoms with Crippen molar-refractivity contribution in [3.8, 4) is 5.69 Å². The monoisotopic (exact) mass is 395 g/mol. The first-order valence-electron chi connectivity index (χ1n) is 6.75. The number of halogens is 1. The molecular weight excluding hydrogens is 386 g/mol. The molecule has 2 aromatic carbocycles. The van der Waals surface area contributed by atoms with Gasteiger partial charge in [-0.05, 0) is 42.0 Å². The van der Waals surface area contributed by atoms with Crippen LogP contribution in [0.1, 0.15) is 5.56 Å². The number of benzene rings is 2. The van der Waals surface area contributed by atoms with Gasteiger partial charge in [0, 0.05) is 22.9 Å². The van der Waals surface area contributed by atoms with E-state index >= 15 is 0 Å². The van der Waals surface area contributed by atoms with Gasteiger partial charge >= 0.3 is 0 Å². The number of rotatable bonds is 5. The van der Waals surface area contributed by atoms with Crippen LogP contribution in [-0.2, 0) is 5.75 Å². The molecule has 0 saturated heterocycles. The number of hydrogen-bond acceptors (Lipinski definition) is 6. The van der Waals surface area contributed by atoms with E-state index in [4.69, 9.17) is 23.8 Å². The number of nitro benzene ring substituents is 1. The van der Waals surface area contributed by atoms with Crippen LogP contribution in [0.4, 0.5) is 5.69 Å². The average Bonchev–Trinajstić information content (AvgIpc) is 2.95. The molecular formula is C15H10ClN3O2S3. The Bertz CT molecular complexity index is 920. The van der Waals surface area contributed by atoms with Crippen molar-refractivity contribution >= 4 is 52.6 Å². The van der Waals surface area contributed by atoms with E-state index in [2.05, 4.69) is 5.10 Å². The van der Waals surface area contributed by atoms with Crippen LogP contribution in [0.25, 0.3) is 5.69 Å². The first-order chi connectivity index (χ1) is 11.5.